The van der Waals surface area contributed by atoms with E-state index in [4.69, 9.17) is 23.2 Å². The van der Waals surface area contributed by atoms with E-state index in [2.05, 4.69) is 24.0 Å². The van der Waals surface area contributed by atoms with Crippen molar-refractivity contribution in [2.24, 2.45) is 5.92 Å². The number of amides is 1. The van der Waals surface area contributed by atoms with Gasteiger partial charge in [0.2, 0.25) is 5.91 Å². The molecule has 2 fully saturated rings. The number of carbonyl (C=O) groups is 2. The Morgan fingerprint density at radius 2 is 1.70 bits per heavy atom. The number of phenolic OH excluding ortho intramolecular Hbond substituents is 1. The molecule has 2 heterocycles. The number of carbonyl (C=O) groups excluding carboxylic acids is 2. The zero-order chi connectivity index (χ0) is 31.4. The van der Waals surface area contributed by atoms with Gasteiger partial charge in [-0.1, -0.05) is 78.7 Å². The van der Waals surface area contributed by atoms with Gasteiger partial charge in [-0.25, -0.2) is 8.42 Å². The maximum Gasteiger partial charge on any atom is 0.240 e. The third-order valence-corrected chi connectivity index (χ3v) is 11.4. The molecular formula is C34H38Cl2N2O5S. The van der Waals surface area contributed by atoms with Crippen LogP contribution in [0.2, 0.25) is 10.0 Å². The first-order chi connectivity index (χ1) is 21.0. The molecule has 0 saturated carbocycles. The smallest absolute Gasteiger partial charge is 0.240 e. The minimum atomic E-state index is -4.12. The van der Waals surface area contributed by atoms with Crippen LogP contribution in [-0.2, 0) is 32.3 Å². The molecule has 4 atom stereocenters. The first-order valence-electron chi connectivity index (χ1n) is 15.1. The summed E-state index contributed by atoms with van der Waals surface area (Å²) in [5.41, 5.74) is 2.02. The molecule has 2 aliphatic rings. The van der Waals surface area contributed by atoms with E-state index in [0.29, 0.717) is 35.2 Å². The molecule has 2 saturated heterocycles. The number of benzene rings is 3. The van der Waals surface area contributed by atoms with E-state index in [1.54, 1.807) is 18.2 Å². The fraction of sp³-hybridized carbons (Fsp3) is 0.412. The van der Waals surface area contributed by atoms with Crippen LogP contribution < -0.4 is 0 Å². The van der Waals surface area contributed by atoms with Crippen molar-refractivity contribution in [2.75, 3.05) is 18.8 Å². The van der Waals surface area contributed by atoms with Gasteiger partial charge in [0.25, 0.3) is 0 Å². The second-order valence-corrected chi connectivity index (χ2v) is 14.8. The monoisotopic (exact) mass is 656 g/mol. The highest BCUT2D eigenvalue weighted by Crippen LogP contribution is 2.34. The second kappa shape index (κ2) is 14.0. The maximum atomic E-state index is 14.2. The van der Waals surface area contributed by atoms with Gasteiger partial charge in [-0.3, -0.25) is 14.5 Å². The third kappa shape index (κ3) is 7.48. The molecule has 3 aromatic carbocycles. The number of sulfone groups is 1. The molecule has 1 amide bonds. The van der Waals surface area contributed by atoms with Crippen LogP contribution in [0.4, 0.5) is 0 Å². The van der Waals surface area contributed by atoms with Gasteiger partial charge >= 0.3 is 0 Å². The standard InChI is InChI=1S/C34H38Cl2N2O5S/c1-23-19-29-34(41)37(18-17-26(38(29)21-23)14-11-24-7-3-2-4-8-24)30(22-44(42,43)33-10-6-5-9-32(33)40)31(39)16-13-25-12-15-27(35)28(36)20-25/h2-10,12,15,20,23,26,29-30,40H,11,13-14,16-19,21-22H2,1H3/t23-,26?,29+,30-/m1/s1. The van der Waals surface area contributed by atoms with Crippen LogP contribution in [0.25, 0.3) is 0 Å². The zero-order valence-electron chi connectivity index (χ0n) is 24.7. The lowest BCUT2D eigenvalue weighted by molar-refractivity contribution is -0.141. The quantitative estimate of drug-likeness (QED) is 0.273. The number of phenols is 1. The molecule has 1 unspecified atom stereocenters. The zero-order valence-corrected chi connectivity index (χ0v) is 27.1. The van der Waals surface area contributed by atoms with Crippen LogP contribution in [0.3, 0.4) is 0 Å². The summed E-state index contributed by atoms with van der Waals surface area (Å²) in [6.45, 7) is 3.19. The highest BCUT2D eigenvalue weighted by atomic mass is 35.5. The number of fused-ring (bicyclic) bond motifs is 1. The van der Waals surface area contributed by atoms with Crippen LogP contribution in [0.1, 0.15) is 43.7 Å². The Morgan fingerprint density at radius 3 is 2.43 bits per heavy atom. The molecule has 7 nitrogen and oxygen atoms in total. The SMILES string of the molecule is C[C@@H]1C[C@H]2C(=O)N([C@H](CS(=O)(=O)c3ccccc3O)C(=O)CCc3ccc(Cl)c(Cl)c3)CCC(CCc3ccccc3)N2C1. The molecule has 0 aromatic heterocycles. The van der Waals surface area contributed by atoms with E-state index in [9.17, 15) is 23.1 Å². The van der Waals surface area contributed by atoms with Gasteiger partial charge in [0.1, 0.15) is 16.7 Å². The Labute approximate surface area is 269 Å². The van der Waals surface area contributed by atoms with Gasteiger partial charge < -0.3 is 10.0 Å². The van der Waals surface area contributed by atoms with Crippen LogP contribution in [-0.4, -0.2) is 72.0 Å². The Hall–Kier alpha value is -2.91. The van der Waals surface area contributed by atoms with Crippen molar-refractivity contribution in [1.82, 2.24) is 9.80 Å². The average Bonchev–Trinajstić information content (AvgIpc) is 3.34. The number of nitrogens with zero attached hydrogens (tertiary/aromatic N) is 2. The van der Waals surface area contributed by atoms with Gasteiger partial charge in [-0.2, -0.15) is 0 Å². The lowest BCUT2D eigenvalue weighted by atomic mass is 10.0. The Kier molecular flexibility index (Phi) is 10.4. The van der Waals surface area contributed by atoms with Gasteiger partial charge in [0.15, 0.2) is 15.6 Å². The summed E-state index contributed by atoms with van der Waals surface area (Å²) < 4.78 is 27.3. The van der Waals surface area contributed by atoms with Gasteiger partial charge in [-0.15, -0.1) is 0 Å². The summed E-state index contributed by atoms with van der Waals surface area (Å²) >= 11 is 12.2. The van der Waals surface area contributed by atoms with Crippen LogP contribution in [0, 0.1) is 5.92 Å². The topological polar surface area (TPSA) is 95.0 Å². The maximum absolute atomic E-state index is 14.2. The van der Waals surface area contributed by atoms with Gasteiger partial charge in [0.05, 0.1) is 21.8 Å². The molecule has 2 aliphatic heterocycles. The van der Waals surface area contributed by atoms with E-state index in [1.807, 2.05) is 18.2 Å². The second-order valence-electron chi connectivity index (χ2n) is 12.0. The summed E-state index contributed by atoms with van der Waals surface area (Å²) in [5.74, 6) is -1.22. The molecule has 1 N–H and O–H groups in total. The first kappa shape index (κ1) is 32.5. The summed E-state index contributed by atoms with van der Waals surface area (Å²) in [7, 11) is -4.12. The first-order valence-corrected chi connectivity index (χ1v) is 17.5. The number of halogens is 2. The van der Waals surface area contributed by atoms with Crippen molar-refractivity contribution in [3.63, 3.8) is 0 Å². The number of Topliss-reactive ketones (excluding diaryl/α,β-unsaturated/α-hetero) is 1. The molecule has 3 aromatic rings. The normalized spacial score (nSPS) is 21.6. The largest absolute Gasteiger partial charge is 0.507 e. The summed E-state index contributed by atoms with van der Waals surface area (Å²) in [5, 5.41) is 11.1. The molecule has 0 radical (unpaired) electrons. The van der Waals surface area contributed by atoms with Gasteiger partial charge in [-0.05, 0) is 73.4 Å². The highest BCUT2D eigenvalue weighted by Gasteiger charge is 2.46. The molecule has 0 bridgehead atoms. The van der Waals surface area contributed by atoms with E-state index < -0.39 is 27.7 Å². The number of aryl methyl sites for hydroxylation is 2. The van der Waals surface area contributed by atoms with E-state index in [-0.39, 0.29) is 41.3 Å². The number of para-hydroxylation sites is 1. The lowest BCUT2D eigenvalue weighted by Crippen LogP contribution is -2.53. The number of ketones is 1. The molecule has 234 valence electrons. The molecule has 5 rings (SSSR count). The minimum Gasteiger partial charge on any atom is -0.507 e. The van der Waals surface area contributed by atoms with Crippen LogP contribution in [0.5, 0.6) is 5.75 Å². The Morgan fingerprint density at radius 1 is 0.977 bits per heavy atom. The molecule has 0 spiro atoms. The van der Waals surface area contributed by atoms with Gasteiger partial charge in [0, 0.05) is 25.6 Å². The Bertz CT molecular complexity index is 1600. The van der Waals surface area contributed by atoms with Crippen molar-refractivity contribution < 1.29 is 23.1 Å². The average molecular weight is 658 g/mol. The van der Waals surface area contributed by atoms with Crippen LogP contribution in [0.15, 0.2) is 77.7 Å². The van der Waals surface area contributed by atoms with Crippen molar-refractivity contribution in [3.05, 3.63) is 94.0 Å². The predicted molar refractivity (Wildman–Crippen MR) is 173 cm³/mol. The van der Waals surface area contributed by atoms with Crippen molar-refractivity contribution in [1.29, 1.82) is 0 Å². The molecule has 0 aliphatic carbocycles. The van der Waals surface area contributed by atoms with E-state index >= 15 is 0 Å². The minimum absolute atomic E-state index is 0.0188. The van der Waals surface area contributed by atoms with Crippen molar-refractivity contribution >= 4 is 44.7 Å². The fourth-order valence-corrected chi connectivity index (χ4v) is 8.54. The Balaban J connectivity index is 1.43. The molecule has 44 heavy (non-hydrogen) atoms. The van der Waals surface area contributed by atoms with E-state index in [0.717, 1.165) is 24.9 Å². The van der Waals surface area contributed by atoms with Crippen LogP contribution >= 0.6 is 23.2 Å². The molecular weight excluding hydrogens is 619 g/mol. The number of aromatic hydroxyl groups is 1. The van der Waals surface area contributed by atoms with Crippen molar-refractivity contribution in [3.8, 4) is 5.75 Å². The number of hydrogen-bond acceptors (Lipinski definition) is 6. The summed E-state index contributed by atoms with van der Waals surface area (Å²) in [6, 6.07) is 19.6. The fourth-order valence-electron chi connectivity index (χ4n) is 6.58. The highest BCUT2D eigenvalue weighted by molar-refractivity contribution is 7.91. The predicted octanol–water partition coefficient (Wildman–Crippen LogP) is 5.99. The van der Waals surface area contributed by atoms with E-state index in [1.165, 1.54) is 34.7 Å². The summed E-state index contributed by atoms with van der Waals surface area (Å²) in [4.78, 5) is 31.8. The molecule has 10 heteroatoms. The van der Waals surface area contributed by atoms with Crippen molar-refractivity contribution in [2.45, 2.75) is 68.5 Å². The number of rotatable bonds is 11. The summed E-state index contributed by atoms with van der Waals surface area (Å²) in [6.07, 6.45) is 3.36. The number of hydrogen-bond donors (Lipinski definition) is 1. The third-order valence-electron chi connectivity index (χ3n) is 8.87. The lowest BCUT2D eigenvalue weighted by Gasteiger charge is -2.32.